The number of nitrogens with one attached hydrogen (secondary N) is 1. The van der Waals surface area contributed by atoms with E-state index in [1.54, 1.807) is 7.11 Å². The van der Waals surface area contributed by atoms with Crippen LogP contribution in [0.4, 0.5) is 0 Å². The normalized spacial score (nSPS) is 14.2. The van der Waals surface area contributed by atoms with Gasteiger partial charge in [-0.15, -0.1) is 0 Å². The Hall–Kier alpha value is -1.06. The Labute approximate surface area is 110 Å². The molecular weight excluding hydrogens is 226 g/mol. The molecule has 2 N–H and O–H groups in total. The van der Waals surface area contributed by atoms with Gasteiger partial charge < -0.3 is 15.2 Å². The number of aliphatic hydroxyl groups excluding tert-OH is 1. The van der Waals surface area contributed by atoms with Gasteiger partial charge in [0.25, 0.3) is 0 Å². The molecule has 0 aliphatic carbocycles. The molecule has 0 saturated carbocycles. The van der Waals surface area contributed by atoms with Gasteiger partial charge >= 0.3 is 0 Å². The second-order valence-electron chi connectivity index (χ2n) is 4.88. The summed E-state index contributed by atoms with van der Waals surface area (Å²) in [6.45, 7) is 5.49. The van der Waals surface area contributed by atoms with E-state index in [1.807, 2.05) is 12.1 Å². The predicted octanol–water partition coefficient (Wildman–Crippen LogP) is 2.75. The molecule has 102 valence electrons. The van der Waals surface area contributed by atoms with Crippen molar-refractivity contribution < 1.29 is 9.84 Å². The van der Waals surface area contributed by atoms with Crippen LogP contribution in [-0.2, 0) is 0 Å². The quantitative estimate of drug-likeness (QED) is 0.698. The monoisotopic (exact) mass is 251 g/mol. The third kappa shape index (κ3) is 5.07. The first-order valence-electron chi connectivity index (χ1n) is 6.65. The van der Waals surface area contributed by atoms with Crippen LogP contribution >= 0.6 is 0 Å². The summed E-state index contributed by atoms with van der Waals surface area (Å²) in [5.74, 6) is 1.30. The Balaban J connectivity index is 2.33. The van der Waals surface area contributed by atoms with Crippen molar-refractivity contribution in [2.75, 3.05) is 20.3 Å². The van der Waals surface area contributed by atoms with Crippen LogP contribution in [0.5, 0.6) is 5.75 Å². The Morgan fingerprint density at radius 2 is 2.11 bits per heavy atom. The van der Waals surface area contributed by atoms with E-state index in [4.69, 9.17) is 9.84 Å². The SMILES string of the molecule is COc1cccc(C(C)NCCCC(C)CO)c1. The smallest absolute Gasteiger partial charge is 0.119 e. The second-order valence-corrected chi connectivity index (χ2v) is 4.88. The topological polar surface area (TPSA) is 41.5 Å². The molecule has 3 nitrogen and oxygen atoms in total. The zero-order valence-corrected chi connectivity index (χ0v) is 11.6. The average Bonchev–Trinajstić information content (AvgIpc) is 2.43. The lowest BCUT2D eigenvalue weighted by atomic mass is 10.1. The van der Waals surface area contributed by atoms with Gasteiger partial charge in [-0.25, -0.2) is 0 Å². The van der Waals surface area contributed by atoms with Crippen LogP contribution in [0, 0.1) is 5.92 Å². The van der Waals surface area contributed by atoms with Gasteiger partial charge in [-0.2, -0.15) is 0 Å². The molecule has 0 aliphatic rings. The molecule has 3 heteroatoms. The van der Waals surface area contributed by atoms with E-state index in [0.29, 0.717) is 12.0 Å². The molecule has 18 heavy (non-hydrogen) atoms. The first kappa shape index (κ1) is 15.0. The minimum Gasteiger partial charge on any atom is -0.497 e. The van der Waals surface area contributed by atoms with Gasteiger partial charge in [-0.1, -0.05) is 19.1 Å². The van der Waals surface area contributed by atoms with Crippen molar-refractivity contribution in [3.63, 3.8) is 0 Å². The van der Waals surface area contributed by atoms with Crippen molar-refractivity contribution in [3.8, 4) is 5.75 Å². The minimum absolute atomic E-state index is 0.283. The lowest BCUT2D eigenvalue weighted by molar-refractivity contribution is 0.227. The highest BCUT2D eigenvalue weighted by Crippen LogP contribution is 2.18. The molecular formula is C15H25NO2. The van der Waals surface area contributed by atoms with E-state index < -0.39 is 0 Å². The summed E-state index contributed by atoms with van der Waals surface area (Å²) in [4.78, 5) is 0. The van der Waals surface area contributed by atoms with Gasteiger partial charge in [-0.3, -0.25) is 0 Å². The first-order chi connectivity index (χ1) is 8.67. The van der Waals surface area contributed by atoms with E-state index in [9.17, 15) is 0 Å². The van der Waals surface area contributed by atoms with Crippen molar-refractivity contribution in [2.24, 2.45) is 5.92 Å². The zero-order chi connectivity index (χ0) is 13.4. The largest absolute Gasteiger partial charge is 0.497 e. The molecule has 0 amide bonds. The van der Waals surface area contributed by atoms with Crippen molar-refractivity contribution >= 4 is 0 Å². The van der Waals surface area contributed by atoms with E-state index in [1.165, 1.54) is 5.56 Å². The molecule has 0 radical (unpaired) electrons. The Bertz CT molecular complexity index is 341. The van der Waals surface area contributed by atoms with Gasteiger partial charge in [0.05, 0.1) is 7.11 Å². The van der Waals surface area contributed by atoms with Gasteiger partial charge in [0.1, 0.15) is 5.75 Å². The Morgan fingerprint density at radius 3 is 2.78 bits per heavy atom. The molecule has 0 aromatic heterocycles. The third-order valence-electron chi connectivity index (χ3n) is 3.23. The highest BCUT2D eigenvalue weighted by atomic mass is 16.5. The lowest BCUT2D eigenvalue weighted by Gasteiger charge is -2.15. The summed E-state index contributed by atoms with van der Waals surface area (Å²) >= 11 is 0. The number of hydrogen-bond acceptors (Lipinski definition) is 3. The van der Waals surface area contributed by atoms with Gasteiger partial charge in [0, 0.05) is 12.6 Å². The molecule has 0 saturated heterocycles. The van der Waals surface area contributed by atoms with Crippen LogP contribution in [0.2, 0.25) is 0 Å². The standard InChI is InChI=1S/C15H25NO2/c1-12(11-17)6-5-9-16-13(2)14-7-4-8-15(10-14)18-3/h4,7-8,10,12-13,16-17H,5-6,9,11H2,1-3H3. The van der Waals surface area contributed by atoms with Crippen LogP contribution in [0.25, 0.3) is 0 Å². The fraction of sp³-hybridized carbons (Fsp3) is 0.600. The van der Waals surface area contributed by atoms with Crippen LogP contribution in [0.1, 0.15) is 38.3 Å². The lowest BCUT2D eigenvalue weighted by Crippen LogP contribution is -2.20. The number of ether oxygens (including phenoxy) is 1. The van der Waals surface area contributed by atoms with E-state index in [-0.39, 0.29) is 6.61 Å². The van der Waals surface area contributed by atoms with Crippen LogP contribution in [0.15, 0.2) is 24.3 Å². The summed E-state index contributed by atoms with van der Waals surface area (Å²) in [7, 11) is 1.69. The average molecular weight is 251 g/mol. The highest BCUT2D eigenvalue weighted by Gasteiger charge is 2.06. The molecule has 0 fully saturated rings. The molecule has 0 bridgehead atoms. The molecule has 1 aromatic rings. The number of rotatable bonds is 8. The summed E-state index contributed by atoms with van der Waals surface area (Å²) < 4.78 is 5.22. The second kappa shape index (κ2) is 8.11. The van der Waals surface area contributed by atoms with Crippen LogP contribution in [-0.4, -0.2) is 25.4 Å². The fourth-order valence-electron chi connectivity index (χ4n) is 1.89. The number of benzene rings is 1. The maximum absolute atomic E-state index is 8.94. The maximum atomic E-state index is 8.94. The van der Waals surface area contributed by atoms with Crippen LogP contribution in [0.3, 0.4) is 0 Å². The number of methoxy groups -OCH3 is 1. The summed E-state index contributed by atoms with van der Waals surface area (Å²) in [5.41, 5.74) is 1.24. The summed E-state index contributed by atoms with van der Waals surface area (Å²) in [5, 5.41) is 12.4. The maximum Gasteiger partial charge on any atom is 0.119 e. The van der Waals surface area contributed by atoms with E-state index >= 15 is 0 Å². The molecule has 0 aliphatic heterocycles. The van der Waals surface area contributed by atoms with Crippen molar-refractivity contribution in [3.05, 3.63) is 29.8 Å². The minimum atomic E-state index is 0.283. The van der Waals surface area contributed by atoms with Crippen LogP contribution < -0.4 is 10.1 Å². The first-order valence-corrected chi connectivity index (χ1v) is 6.65. The highest BCUT2D eigenvalue weighted by molar-refractivity contribution is 5.30. The van der Waals surface area contributed by atoms with Crippen molar-refractivity contribution in [1.82, 2.24) is 5.32 Å². The molecule has 2 atom stereocenters. The molecule has 2 unspecified atom stereocenters. The van der Waals surface area contributed by atoms with Crippen molar-refractivity contribution in [2.45, 2.75) is 32.7 Å². The summed E-state index contributed by atoms with van der Waals surface area (Å²) in [6.07, 6.45) is 2.16. The fourth-order valence-corrected chi connectivity index (χ4v) is 1.89. The molecule has 1 rings (SSSR count). The Kier molecular flexibility index (Phi) is 6.76. The molecule has 0 spiro atoms. The number of aliphatic hydroxyl groups is 1. The summed E-state index contributed by atoms with van der Waals surface area (Å²) in [6, 6.07) is 8.47. The van der Waals surface area contributed by atoms with Crippen molar-refractivity contribution in [1.29, 1.82) is 0 Å². The zero-order valence-electron chi connectivity index (χ0n) is 11.6. The van der Waals surface area contributed by atoms with E-state index in [2.05, 4.69) is 31.3 Å². The van der Waals surface area contributed by atoms with Gasteiger partial charge in [0.15, 0.2) is 0 Å². The van der Waals surface area contributed by atoms with Gasteiger partial charge in [-0.05, 0) is 49.9 Å². The molecule has 1 aromatic carbocycles. The van der Waals surface area contributed by atoms with Gasteiger partial charge in [0.2, 0.25) is 0 Å². The van der Waals surface area contributed by atoms with E-state index in [0.717, 1.165) is 25.1 Å². The number of hydrogen-bond donors (Lipinski definition) is 2. The molecule has 0 heterocycles. The Morgan fingerprint density at radius 1 is 1.33 bits per heavy atom. The third-order valence-corrected chi connectivity index (χ3v) is 3.23. The predicted molar refractivity (Wildman–Crippen MR) is 74.9 cm³/mol.